The van der Waals surface area contributed by atoms with E-state index >= 15 is 0 Å². The van der Waals surface area contributed by atoms with Crippen LogP contribution in [0, 0.1) is 12.3 Å². The predicted octanol–water partition coefficient (Wildman–Crippen LogP) is 3.78. The fourth-order valence-electron chi connectivity index (χ4n) is 4.28. The molecule has 0 amide bonds. The second kappa shape index (κ2) is 7.08. The van der Waals surface area contributed by atoms with Gasteiger partial charge in [0.1, 0.15) is 0 Å². The molecule has 2 aliphatic rings. The Labute approximate surface area is 160 Å². The van der Waals surface area contributed by atoms with Gasteiger partial charge < -0.3 is 0 Å². The van der Waals surface area contributed by atoms with Crippen molar-refractivity contribution in [1.29, 1.82) is 0 Å². The van der Waals surface area contributed by atoms with Crippen LogP contribution in [0.1, 0.15) is 35.4 Å². The molecule has 6 heteroatoms. The molecule has 140 valence electrons. The van der Waals surface area contributed by atoms with Gasteiger partial charge in [0.2, 0.25) is 10.0 Å². The molecule has 1 atom stereocenters. The molecule has 0 radical (unpaired) electrons. The maximum absolute atomic E-state index is 12.6. The van der Waals surface area contributed by atoms with E-state index in [-0.39, 0.29) is 11.5 Å². The molecule has 2 heterocycles. The molecule has 4 rings (SSSR count). The highest BCUT2D eigenvalue weighted by Gasteiger charge is 2.49. The summed E-state index contributed by atoms with van der Waals surface area (Å²) in [5.41, 5.74) is 0.156. The third-order valence-electron chi connectivity index (χ3n) is 6.05. The van der Waals surface area contributed by atoms with Gasteiger partial charge in [0.05, 0.1) is 4.90 Å². The highest BCUT2D eigenvalue weighted by atomic mass is 32.2. The largest absolute Gasteiger partial charge is 0.298 e. The molecule has 26 heavy (non-hydrogen) atoms. The molecule has 1 aliphatic heterocycles. The van der Waals surface area contributed by atoms with Crippen LogP contribution >= 0.6 is 11.3 Å². The van der Waals surface area contributed by atoms with E-state index in [2.05, 4.69) is 28.7 Å². The topological polar surface area (TPSA) is 49.4 Å². The van der Waals surface area contributed by atoms with Crippen LogP contribution in [0.5, 0.6) is 0 Å². The van der Waals surface area contributed by atoms with Crippen molar-refractivity contribution in [3.05, 3.63) is 52.2 Å². The maximum Gasteiger partial charge on any atom is 0.240 e. The zero-order chi connectivity index (χ0) is 18.2. The monoisotopic (exact) mass is 390 g/mol. The van der Waals surface area contributed by atoms with Crippen molar-refractivity contribution >= 4 is 21.4 Å². The Hall–Kier alpha value is -1.21. The fourth-order valence-corrected chi connectivity index (χ4v) is 6.61. The van der Waals surface area contributed by atoms with E-state index in [9.17, 15) is 8.42 Å². The number of thiophene rings is 1. The molecule has 1 saturated heterocycles. The minimum Gasteiger partial charge on any atom is -0.298 e. The molecular formula is C20H26N2O2S2. The minimum absolute atomic E-state index is 0.0823. The van der Waals surface area contributed by atoms with Gasteiger partial charge in [-0.05, 0) is 75.4 Å². The summed E-state index contributed by atoms with van der Waals surface area (Å²) < 4.78 is 28.3. The summed E-state index contributed by atoms with van der Waals surface area (Å²) in [6.45, 7) is 5.28. The van der Waals surface area contributed by atoms with E-state index < -0.39 is 10.0 Å². The smallest absolute Gasteiger partial charge is 0.240 e. The summed E-state index contributed by atoms with van der Waals surface area (Å²) in [7, 11) is -3.42. The fraction of sp³-hybridized carbons (Fsp3) is 0.500. The average molecular weight is 391 g/mol. The molecule has 1 aliphatic carbocycles. The van der Waals surface area contributed by atoms with Crippen molar-refractivity contribution in [1.82, 2.24) is 9.62 Å². The van der Waals surface area contributed by atoms with E-state index in [1.54, 1.807) is 24.3 Å². The third kappa shape index (κ3) is 3.60. The minimum atomic E-state index is -3.42. The van der Waals surface area contributed by atoms with Crippen molar-refractivity contribution in [3.63, 3.8) is 0 Å². The van der Waals surface area contributed by atoms with Gasteiger partial charge in [-0.1, -0.05) is 18.2 Å². The molecular weight excluding hydrogens is 364 g/mol. The van der Waals surface area contributed by atoms with E-state index in [1.165, 1.54) is 9.75 Å². The molecule has 1 saturated carbocycles. The number of sulfonamides is 1. The standard InChI is InChI=1S/C20H26N2O2S2/c1-16-7-8-17(25-16)15-22-13-11-20(12-14-22)10-9-19(20)21-26(23,24)18-5-3-2-4-6-18/h2-8,19,21H,9-15H2,1H3. The normalized spacial score (nSPS) is 23.0. The van der Waals surface area contributed by atoms with Crippen LogP contribution in [0.2, 0.25) is 0 Å². The molecule has 1 unspecified atom stereocenters. The molecule has 1 aromatic heterocycles. The summed E-state index contributed by atoms with van der Waals surface area (Å²) in [6.07, 6.45) is 4.26. The summed E-state index contributed by atoms with van der Waals surface area (Å²) in [5.74, 6) is 0. The van der Waals surface area contributed by atoms with Crippen molar-refractivity contribution in [2.45, 2.75) is 50.1 Å². The number of aryl methyl sites for hydroxylation is 1. The maximum atomic E-state index is 12.6. The Morgan fingerprint density at radius 1 is 1.12 bits per heavy atom. The Bertz CT molecular complexity index is 853. The number of hydrogen-bond donors (Lipinski definition) is 1. The van der Waals surface area contributed by atoms with Crippen LogP contribution in [0.3, 0.4) is 0 Å². The van der Waals surface area contributed by atoms with Crippen LogP contribution in [-0.2, 0) is 16.6 Å². The quantitative estimate of drug-likeness (QED) is 0.845. The van der Waals surface area contributed by atoms with E-state index in [4.69, 9.17) is 0 Å². The highest BCUT2D eigenvalue weighted by molar-refractivity contribution is 7.89. The zero-order valence-corrected chi connectivity index (χ0v) is 16.8. The number of piperidine rings is 1. The lowest BCUT2D eigenvalue weighted by atomic mass is 9.60. The summed E-state index contributed by atoms with van der Waals surface area (Å²) in [5, 5.41) is 0. The van der Waals surface area contributed by atoms with E-state index in [0.717, 1.165) is 45.3 Å². The molecule has 2 aromatic rings. The Morgan fingerprint density at radius 3 is 2.42 bits per heavy atom. The number of rotatable bonds is 5. The van der Waals surface area contributed by atoms with Crippen molar-refractivity contribution in [2.24, 2.45) is 5.41 Å². The Balaban J connectivity index is 1.37. The highest BCUT2D eigenvalue weighted by Crippen LogP contribution is 2.49. The molecule has 1 spiro atoms. The van der Waals surface area contributed by atoms with Crippen LogP contribution in [0.4, 0.5) is 0 Å². The van der Waals surface area contributed by atoms with Crippen molar-refractivity contribution in [2.75, 3.05) is 13.1 Å². The zero-order valence-electron chi connectivity index (χ0n) is 15.1. The Morgan fingerprint density at radius 2 is 1.85 bits per heavy atom. The average Bonchev–Trinajstić information content (AvgIpc) is 3.05. The lowest BCUT2D eigenvalue weighted by Gasteiger charge is -2.54. The molecule has 0 bridgehead atoms. The number of nitrogens with zero attached hydrogens (tertiary/aromatic N) is 1. The number of benzene rings is 1. The number of hydrogen-bond acceptors (Lipinski definition) is 4. The summed E-state index contributed by atoms with van der Waals surface area (Å²) in [6, 6.07) is 13.2. The second-order valence-corrected chi connectivity index (χ2v) is 10.8. The van der Waals surface area contributed by atoms with Gasteiger partial charge in [0, 0.05) is 22.3 Å². The van der Waals surface area contributed by atoms with Gasteiger partial charge >= 0.3 is 0 Å². The van der Waals surface area contributed by atoms with Crippen LogP contribution < -0.4 is 4.72 Å². The van der Waals surface area contributed by atoms with Gasteiger partial charge in [-0.25, -0.2) is 13.1 Å². The van der Waals surface area contributed by atoms with E-state index in [1.807, 2.05) is 17.4 Å². The van der Waals surface area contributed by atoms with Crippen LogP contribution in [0.25, 0.3) is 0 Å². The molecule has 1 N–H and O–H groups in total. The summed E-state index contributed by atoms with van der Waals surface area (Å²) in [4.78, 5) is 5.67. The van der Waals surface area contributed by atoms with Crippen molar-refractivity contribution in [3.8, 4) is 0 Å². The first kappa shape index (κ1) is 18.2. The number of likely N-dealkylation sites (tertiary alicyclic amines) is 1. The van der Waals surface area contributed by atoms with Gasteiger partial charge in [0.15, 0.2) is 0 Å². The van der Waals surface area contributed by atoms with Gasteiger partial charge in [0.25, 0.3) is 0 Å². The third-order valence-corrected chi connectivity index (χ3v) is 8.52. The van der Waals surface area contributed by atoms with Crippen LogP contribution in [-0.4, -0.2) is 32.4 Å². The first-order valence-corrected chi connectivity index (χ1v) is 11.6. The number of nitrogens with one attached hydrogen (secondary N) is 1. The van der Waals surface area contributed by atoms with Crippen molar-refractivity contribution < 1.29 is 8.42 Å². The molecule has 4 nitrogen and oxygen atoms in total. The van der Waals surface area contributed by atoms with E-state index in [0.29, 0.717) is 4.90 Å². The lowest BCUT2D eigenvalue weighted by Crippen LogP contribution is -2.58. The lowest BCUT2D eigenvalue weighted by molar-refractivity contribution is 0.000973. The van der Waals surface area contributed by atoms with Gasteiger partial charge in [-0.15, -0.1) is 11.3 Å². The first-order chi connectivity index (χ1) is 12.5. The Kier molecular flexibility index (Phi) is 4.94. The summed E-state index contributed by atoms with van der Waals surface area (Å²) >= 11 is 1.87. The SMILES string of the molecule is Cc1ccc(CN2CCC3(CCC3NS(=O)(=O)c3ccccc3)CC2)s1. The van der Waals surface area contributed by atoms with Gasteiger partial charge in [-0.3, -0.25) is 4.90 Å². The second-order valence-electron chi connectivity index (χ2n) is 7.68. The van der Waals surface area contributed by atoms with Crippen LogP contribution in [0.15, 0.2) is 47.4 Å². The first-order valence-electron chi connectivity index (χ1n) is 9.32. The van der Waals surface area contributed by atoms with Gasteiger partial charge in [-0.2, -0.15) is 0 Å². The molecule has 2 fully saturated rings. The molecule has 1 aromatic carbocycles. The predicted molar refractivity (Wildman–Crippen MR) is 106 cm³/mol.